The van der Waals surface area contributed by atoms with E-state index in [1.807, 2.05) is 30.3 Å². The zero-order valence-corrected chi connectivity index (χ0v) is 10.6. The predicted molar refractivity (Wildman–Crippen MR) is 68.9 cm³/mol. The normalized spacial score (nSPS) is 14.4. The average Bonchev–Trinajstić information content (AvgIpc) is 2.35. The molecule has 90 valence electrons. The molecule has 16 heavy (non-hydrogen) atoms. The number of hydrogen-bond acceptors (Lipinski definition) is 2. The maximum Gasteiger partial charge on any atom is 0.119 e. The number of hydrogen-bond donors (Lipinski definition) is 1. The Hall–Kier alpha value is -1.02. The highest BCUT2D eigenvalue weighted by Gasteiger charge is 2.08. The molecule has 0 aliphatic rings. The zero-order valence-electron chi connectivity index (χ0n) is 10.6. The molecular formula is C14H23NO. The molecule has 0 aliphatic carbocycles. The van der Waals surface area contributed by atoms with Gasteiger partial charge in [0.05, 0.1) is 0 Å². The van der Waals surface area contributed by atoms with Gasteiger partial charge in [-0.25, -0.2) is 0 Å². The first-order valence-electron chi connectivity index (χ1n) is 6.21. The van der Waals surface area contributed by atoms with Gasteiger partial charge in [0.25, 0.3) is 0 Å². The van der Waals surface area contributed by atoms with Crippen molar-refractivity contribution in [2.24, 2.45) is 0 Å². The van der Waals surface area contributed by atoms with Gasteiger partial charge in [-0.05, 0) is 31.9 Å². The molecule has 0 aliphatic heterocycles. The van der Waals surface area contributed by atoms with E-state index >= 15 is 0 Å². The van der Waals surface area contributed by atoms with Crippen LogP contribution in [0.5, 0.6) is 5.75 Å². The second-order valence-corrected chi connectivity index (χ2v) is 4.18. The summed E-state index contributed by atoms with van der Waals surface area (Å²) in [6, 6.07) is 10.6. The molecule has 2 nitrogen and oxygen atoms in total. The van der Waals surface area contributed by atoms with Crippen LogP contribution >= 0.6 is 0 Å². The van der Waals surface area contributed by atoms with Crippen LogP contribution in [0.4, 0.5) is 0 Å². The fraction of sp³-hybridized carbons (Fsp3) is 0.571. The monoisotopic (exact) mass is 221 g/mol. The SMILES string of the molecule is CCC(C)NCC(CC)Oc1ccccc1. The fourth-order valence-electron chi connectivity index (χ4n) is 1.44. The molecule has 2 atom stereocenters. The van der Waals surface area contributed by atoms with Gasteiger partial charge in [-0.3, -0.25) is 0 Å². The Morgan fingerprint density at radius 3 is 2.38 bits per heavy atom. The fourth-order valence-corrected chi connectivity index (χ4v) is 1.44. The Morgan fingerprint density at radius 2 is 1.81 bits per heavy atom. The second-order valence-electron chi connectivity index (χ2n) is 4.18. The molecule has 2 heteroatoms. The topological polar surface area (TPSA) is 21.3 Å². The summed E-state index contributed by atoms with van der Waals surface area (Å²) in [4.78, 5) is 0. The van der Waals surface area contributed by atoms with Gasteiger partial charge in [-0.2, -0.15) is 0 Å². The highest BCUT2D eigenvalue weighted by Crippen LogP contribution is 2.12. The summed E-state index contributed by atoms with van der Waals surface area (Å²) in [5.74, 6) is 0.959. The van der Waals surface area contributed by atoms with Gasteiger partial charge in [0.15, 0.2) is 0 Å². The van der Waals surface area contributed by atoms with Crippen molar-refractivity contribution in [2.75, 3.05) is 6.54 Å². The van der Waals surface area contributed by atoms with Crippen LogP contribution in [-0.2, 0) is 0 Å². The number of benzene rings is 1. The van der Waals surface area contributed by atoms with Gasteiger partial charge in [-0.15, -0.1) is 0 Å². The first-order chi connectivity index (χ1) is 7.76. The molecule has 2 unspecified atom stereocenters. The zero-order chi connectivity index (χ0) is 11.8. The largest absolute Gasteiger partial charge is 0.489 e. The van der Waals surface area contributed by atoms with Gasteiger partial charge in [0.2, 0.25) is 0 Å². The van der Waals surface area contributed by atoms with Crippen LogP contribution in [0.15, 0.2) is 30.3 Å². The van der Waals surface area contributed by atoms with Crippen LogP contribution in [0, 0.1) is 0 Å². The molecule has 0 aromatic heterocycles. The number of para-hydroxylation sites is 1. The predicted octanol–water partition coefficient (Wildman–Crippen LogP) is 3.23. The van der Waals surface area contributed by atoms with Crippen molar-refractivity contribution >= 4 is 0 Å². The van der Waals surface area contributed by atoms with Gasteiger partial charge in [0.1, 0.15) is 11.9 Å². The Morgan fingerprint density at radius 1 is 1.12 bits per heavy atom. The van der Waals surface area contributed by atoms with E-state index in [1.54, 1.807) is 0 Å². The first-order valence-corrected chi connectivity index (χ1v) is 6.21. The molecule has 0 radical (unpaired) electrons. The van der Waals surface area contributed by atoms with Crippen molar-refractivity contribution in [1.82, 2.24) is 5.32 Å². The first kappa shape index (κ1) is 13.0. The molecule has 0 amide bonds. The van der Waals surface area contributed by atoms with Crippen LogP contribution < -0.4 is 10.1 Å². The van der Waals surface area contributed by atoms with E-state index in [9.17, 15) is 0 Å². The van der Waals surface area contributed by atoms with E-state index in [1.165, 1.54) is 0 Å². The quantitative estimate of drug-likeness (QED) is 0.763. The van der Waals surface area contributed by atoms with Crippen LogP contribution in [0.25, 0.3) is 0 Å². The lowest BCUT2D eigenvalue weighted by atomic mass is 10.2. The molecule has 0 fully saturated rings. The van der Waals surface area contributed by atoms with Gasteiger partial charge >= 0.3 is 0 Å². The van der Waals surface area contributed by atoms with Crippen molar-refractivity contribution in [3.05, 3.63) is 30.3 Å². The van der Waals surface area contributed by atoms with Crippen molar-refractivity contribution < 1.29 is 4.74 Å². The lowest BCUT2D eigenvalue weighted by Crippen LogP contribution is -2.35. The van der Waals surface area contributed by atoms with Gasteiger partial charge in [-0.1, -0.05) is 32.0 Å². The molecular weight excluding hydrogens is 198 g/mol. The molecule has 0 saturated carbocycles. The second kappa shape index (κ2) is 7.29. The van der Waals surface area contributed by atoms with E-state index in [4.69, 9.17) is 4.74 Å². The molecule has 0 heterocycles. The number of ether oxygens (including phenoxy) is 1. The molecule has 0 bridgehead atoms. The van der Waals surface area contributed by atoms with E-state index in [-0.39, 0.29) is 6.10 Å². The summed E-state index contributed by atoms with van der Waals surface area (Å²) in [7, 11) is 0. The third kappa shape index (κ3) is 4.67. The van der Waals surface area contributed by atoms with E-state index < -0.39 is 0 Å². The maximum absolute atomic E-state index is 5.90. The molecule has 1 aromatic rings. The Labute approximate surface area is 99.0 Å². The smallest absolute Gasteiger partial charge is 0.119 e. The minimum Gasteiger partial charge on any atom is -0.489 e. The van der Waals surface area contributed by atoms with Crippen LogP contribution in [0.1, 0.15) is 33.6 Å². The Bertz CT molecular complexity index is 273. The van der Waals surface area contributed by atoms with E-state index in [0.29, 0.717) is 6.04 Å². The van der Waals surface area contributed by atoms with Crippen molar-refractivity contribution in [3.8, 4) is 5.75 Å². The van der Waals surface area contributed by atoms with E-state index in [0.717, 1.165) is 25.1 Å². The summed E-state index contributed by atoms with van der Waals surface area (Å²) in [6.45, 7) is 7.47. The molecule has 0 saturated heterocycles. The number of rotatable bonds is 7. The maximum atomic E-state index is 5.90. The lowest BCUT2D eigenvalue weighted by molar-refractivity contribution is 0.189. The van der Waals surface area contributed by atoms with Crippen LogP contribution in [-0.4, -0.2) is 18.7 Å². The van der Waals surface area contributed by atoms with Gasteiger partial charge < -0.3 is 10.1 Å². The van der Waals surface area contributed by atoms with Crippen molar-refractivity contribution in [2.45, 2.75) is 45.8 Å². The molecule has 0 spiro atoms. The molecule has 1 aromatic carbocycles. The highest BCUT2D eigenvalue weighted by atomic mass is 16.5. The lowest BCUT2D eigenvalue weighted by Gasteiger charge is -2.20. The summed E-state index contributed by atoms with van der Waals surface area (Å²) in [5.41, 5.74) is 0. The van der Waals surface area contributed by atoms with Crippen LogP contribution in [0.3, 0.4) is 0 Å². The Balaban J connectivity index is 2.37. The Kier molecular flexibility index (Phi) is 5.94. The average molecular weight is 221 g/mol. The minimum absolute atomic E-state index is 0.261. The number of nitrogens with one attached hydrogen (secondary N) is 1. The standard InChI is InChI=1S/C14H23NO/c1-4-12(3)15-11-13(5-2)16-14-9-7-6-8-10-14/h6-10,12-13,15H,4-5,11H2,1-3H3. The molecule has 1 N–H and O–H groups in total. The summed E-state index contributed by atoms with van der Waals surface area (Å²) in [6.07, 6.45) is 2.44. The van der Waals surface area contributed by atoms with E-state index in [2.05, 4.69) is 26.1 Å². The highest BCUT2D eigenvalue weighted by molar-refractivity contribution is 5.21. The van der Waals surface area contributed by atoms with Crippen LogP contribution in [0.2, 0.25) is 0 Å². The summed E-state index contributed by atoms with van der Waals surface area (Å²) in [5, 5.41) is 3.48. The summed E-state index contributed by atoms with van der Waals surface area (Å²) >= 11 is 0. The van der Waals surface area contributed by atoms with Crippen molar-refractivity contribution in [3.63, 3.8) is 0 Å². The van der Waals surface area contributed by atoms with Gasteiger partial charge in [0, 0.05) is 12.6 Å². The van der Waals surface area contributed by atoms with Crippen molar-refractivity contribution in [1.29, 1.82) is 0 Å². The third-order valence-corrected chi connectivity index (χ3v) is 2.81. The minimum atomic E-state index is 0.261. The summed E-state index contributed by atoms with van der Waals surface area (Å²) < 4.78 is 5.90. The third-order valence-electron chi connectivity index (χ3n) is 2.81. The molecule has 1 rings (SSSR count).